The molecule has 0 saturated heterocycles. The molecule has 0 aliphatic carbocycles. The first-order chi connectivity index (χ1) is 11.5. The summed E-state index contributed by atoms with van der Waals surface area (Å²) in [6.45, 7) is 0. The number of nitrogens with one attached hydrogen (secondary N) is 1. The van der Waals surface area contributed by atoms with Gasteiger partial charge in [-0.15, -0.1) is 0 Å². The minimum atomic E-state index is -3.79. The van der Waals surface area contributed by atoms with Crippen LogP contribution < -0.4 is 4.72 Å². The van der Waals surface area contributed by atoms with Crippen molar-refractivity contribution in [3.8, 4) is 0 Å². The summed E-state index contributed by atoms with van der Waals surface area (Å²) in [5.41, 5.74) is 1.54. The average Bonchev–Trinajstić information content (AvgIpc) is 3.02. The van der Waals surface area contributed by atoms with E-state index in [1.54, 1.807) is 42.5 Å². The number of furan rings is 1. The van der Waals surface area contributed by atoms with Crippen LogP contribution in [0.2, 0.25) is 0 Å². The normalized spacial score (nSPS) is 11.5. The summed E-state index contributed by atoms with van der Waals surface area (Å²) in [4.78, 5) is 10.6. The van der Waals surface area contributed by atoms with Crippen LogP contribution in [0.15, 0.2) is 64.1 Å². The molecule has 3 rings (SSSR count). The maximum atomic E-state index is 12.6. The highest BCUT2D eigenvalue weighted by Crippen LogP contribution is 2.25. The Morgan fingerprint density at radius 3 is 2.54 bits per heavy atom. The van der Waals surface area contributed by atoms with Gasteiger partial charge >= 0.3 is 5.97 Å². The van der Waals surface area contributed by atoms with Crippen LogP contribution >= 0.6 is 0 Å². The molecule has 0 fully saturated rings. The molecule has 0 atom stereocenters. The van der Waals surface area contributed by atoms with Gasteiger partial charge in [-0.2, -0.15) is 0 Å². The van der Waals surface area contributed by atoms with E-state index < -0.39 is 16.0 Å². The lowest BCUT2D eigenvalue weighted by Crippen LogP contribution is -2.13. The molecule has 7 heteroatoms. The summed E-state index contributed by atoms with van der Waals surface area (Å²) in [7, 11) is -3.79. The molecule has 0 saturated carbocycles. The van der Waals surface area contributed by atoms with Crippen molar-refractivity contribution in [2.75, 3.05) is 4.72 Å². The van der Waals surface area contributed by atoms with Crippen molar-refractivity contribution in [3.63, 3.8) is 0 Å². The van der Waals surface area contributed by atoms with Gasteiger partial charge < -0.3 is 9.52 Å². The van der Waals surface area contributed by atoms with E-state index in [0.29, 0.717) is 23.1 Å². The fraction of sp³-hybridized carbons (Fsp3) is 0.118. The third-order valence-electron chi connectivity index (χ3n) is 3.57. The number of aliphatic carboxylic acids is 1. The molecule has 0 amide bonds. The van der Waals surface area contributed by atoms with Crippen LogP contribution in [0.4, 0.5) is 5.69 Å². The van der Waals surface area contributed by atoms with Crippen LogP contribution in [-0.4, -0.2) is 19.5 Å². The Labute approximate surface area is 138 Å². The van der Waals surface area contributed by atoms with Crippen molar-refractivity contribution in [1.29, 1.82) is 0 Å². The summed E-state index contributed by atoms with van der Waals surface area (Å²) in [6.07, 6.45) is 1.88. The Hall–Kier alpha value is -2.80. The topological polar surface area (TPSA) is 96.6 Å². The SMILES string of the molecule is O=C(O)CCc1ccc(NS(=O)(=O)c2cccc3ccoc23)cc1. The van der Waals surface area contributed by atoms with Gasteiger partial charge in [0.05, 0.1) is 6.26 Å². The zero-order chi connectivity index (χ0) is 17.2. The van der Waals surface area contributed by atoms with Crippen molar-refractivity contribution < 1.29 is 22.7 Å². The number of fused-ring (bicyclic) bond motifs is 1. The van der Waals surface area contributed by atoms with Crippen molar-refractivity contribution >= 4 is 32.6 Å². The molecular weight excluding hydrogens is 330 g/mol. The van der Waals surface area contributed by atoms with Gasteiger partial charge in [0.2, 0.25) is 0 Å². The lowest BCUT2D eigenvalue weighted by atomic mass is 10.1. The Morgan fingerprint density at radius 2 is 1.83 bits per heavy atom. The first-order valence-corrected chi connectivity index (χ1v) is 8.74. The minimum Gasteiger partial charge on any atom is -0.481 e. The molecule has 0 radical (unpaired) electrons. The van der Waals surface area contributed by atoms with E-state index in [9.17, 15) is 13.2 Å². The van der Waals surface area contributed by atoms with Gasteiger partial charge in [0.25, 0.3) is 10.0 Å². The molecule has 0 unspecified atom stereocenters. The number of para-hydroxylation sites is 1. The van der Waals surface area contributed by atoms with Crippen molar-refractivity contribution in [2.24, 2.45) is 0 Å². The number of sulfonamides is 1. The number of carbonyl (C=O) groups is 1. The van der Waals surface area contributed by atoms with E-state index in [1.807, 2.05) is 0 Å². The van der Waals surface area contributed by atoms with Crippen molar-refractivity contribution in [1.82, 2.24) is 0 Å². The highest BCUT2D eigenvalue weighted by atomic mass is 32.2. The number of aryl methyl sites for hydroxylation is 1. The van der Waals surface area contributed by atoms with Gasteiger partial charge in [-0.1, -0.05) is 24.3 Å². The van der Waals surface area contributed by atoms with Gasteiger partial charge in [0, 0.05) is 17.5 Å². The molecule has 1 aromatic heterocycles. The van der Waals surface area contributed by atoms with Crippen LogP contribution in [0.3, 0.4) is 0 Å². The lowest BCUT2D eigenvalue weighted by Gasteiger charge is -2.09. The fourth-order valence-corrected chi connectivity index (χ4v) is 3.60. The lowest BCUT2D eigenvalue weighted by molar-refractivity contribution is -0.136. The maximum Gasteiger partial charge on any atom is 0.303 e. The predicted molar refractivity (Wildman–Crippen MR) is 89.4 cm³/mol. The second-order valence-electron chi connectivity index (χ2n) is 5.29. The van der Waals surface area contributed by atoms with Gasteiger partial charge in [-0.3, -0.25) is 9.52 Å². The Balaban J connectivity index is 1.82. The molecule has 0 aliphatic heterocycles. The number of anilines is 1. The van der Waals surface area contributed by atoms with Crippen molar-refractivity contribution in [2.45, 2.75) is 17.7 Å². The Bertz CT molecular complexity index is 974. The zero-order valence-electron chi connectivity index (χ0n) is 12.6. The summed E-state index contributed by atoms with van der Waals surface area (Å²) >= 11 is 0. The van der Waals surface area contributed by atoms with Crippen LogP contribution in [0, 0.1) is 0 Å². The number of hydrogen-bond donors (Lipinski definition) is 2. The molecule has 3 aromatic rings. The number of rotatable bonds is 6. The van der Waals surface area contributed by atoms with Gasteiger partial charge in [-0.05, 0) is 36.2 Å². The van der Waals surface area contributed by atoms with Gasteiger partial charge in [0.15, 0.2) is 5.58 Å². The molecule has 124 valence electrons. The monoisotopic (exact) mass is 345 g/mol. The van der Waals surface area contributed by atoms with Crippen LogP contribution in [0.1, 0.15) is 12.0 Å². The number of carboxylic acid groups (broad SMARTS) is 1. The largest absolute Gasteiger partial charge is 0.481 e. The number of benzene rings is 2. The minimum absolute atomic E-state index is 0.0333. The third-order valence-corrected chi connectivity index (χ3v) is 4.97. The molecule has 2 N–H and O–H groups in total. The van der Waals surface area contributed by atoms with Gasteiger partial charge in [-0.25, -0.2) is 8.42 Å². The predicted octanol–water partition coefficient (Wildman–Crippen LogP) is 3.25. The van der Waals surface area contributed by atoms with Crippen LogP contribution in [0.25, 0.3) is 11.0 Å². The Morgan fingerprint density at radius 1 is 1.08 bits per heavy atom. The van der Waals surface area contributed by atoms with Crippen molar-refractivity contribution in [3.05, 3.63) is 60.4 Å². The van der Waals surface area contributed by atoms with E-state index in [1.165, 1.54) is 12.3 Å². The van der Waals surface area contributed by atoms with E-state index >= 15 is 0 Å². The summed E-state index contributed by atoms with van der Waals surface area (Å²) in [6, 6.07) is 13.2. The second-order valence-corrected chi connectivity index (χ2v) is 6.94. The highest BCUT2D eigenvalue weighted by molar-refractivity contribution is 7.93. The number of carboxylic acids is 1. The van der Waals surface area contributed by atoms with E-state index in [2.05, 4.69) is 4.72 Å². The summed E-state index contributed by atoms with van der Waals surface area (Å²) in [5, 5.41) is 9.39. The first-order valence-electron chi connectivity index (χ1n) is 7.25. The maximum absolute atomic E-state index is 12.6. The smallest absolute Gasteiger partial charge is 0.303 e. The molecule has 0 spiro atoms. The third kappa shape index (κ3) is 3.41. The average molecular weight is 345 g/mol. The number of hydrogen-bond acceptors (Lipinski definition) is 4. The Kier molecular flexibility index (Phi) is 4.26. The quantitative estimate of drug-likeness (QED) is 0.715. The molecule has 1 heterocycles. The summed E-state index contributed by atoms with van der Waals surface area (Å²) in [5.74, 6) is -0.869. The van der Waals surface area contributed by atoms with Crippen LogP contribution in [-0.2, 0) is 21.2 Å². The fourth-order valence-electron chi connectivity index (χ4n) is 2.38. The molecule has 24 heavy (non-hydrogen) atoms. The zero-order valence-corrected chi connectivity index (χ0v) is 13.4. The molecule has 0 aliphatic rings. The van der Waals surface area contributed by atoms with E-state index in [-0.39, 0.29) is 11.3 Å². The van der Waals surface area contributed by atoms with Crippen LogP contribution in [0.5, 0.6) is 0 Å². The molecule has 2 aromatic carbocycles. The van der Waals surface area contributed by atoms with E-state index in [4.69, 9.17) is 9.52 Å². The standard InChI is InChI=1S/C17H15NO5S/c19-16(20)9-6-12-4-7-14(8-5-12)18-24(21,22)15-3-1-2-13-10-11-23-17(13)15/h1-5,7-8,10-11,18H,6,9H2,(H,19,20). The second kappa shape index (κ2) is 6.37. The van der Waals surface area contributed by atoms with E-state index in [0.717, 1.165) is 5.56 Å². The summed E-state index contributed by atoms with van der Waals surface area (Å²) < 4.78 is 32.9. The molecule has 0 bridgehead atoms. The molecular formula is C17H15NO5S. The highest BCUT2D eigenvalue weighted by Gasteiger charge is 2.19. The first kappa shape index (κ1) is 16.1. The molecule has 6 nitrogen and oxygen atoms in total. The van der Waals surface area contributed by atoms with Gasteiger partial charge in [0.1, 0.15) is 4.90 Å².